The molecule has 0 radical (unpaired) electrons. The molecule has 0 spiro atoms. The predicted molar refractivity (Wildman–Crippen MR) is 59.4 cm³/mol. The molecule has 2 aliphatic carbocycles. The Morgan fingerprint density at radius 1 is 1.47 bits per heavy atom. The fourth-order valence-electron chi connectivity index (χ4n) is 3.34. The van der Waals surface area contributed by atoms with Crippen LogP contribution in [0.2, 0.25) is 0 Å². The van der Waals surface area contributed by atoms with Crippen molar-refractivity contribution < 1.29 is 9.53 Å². The molecule has 0 aromatic rings. The van der Waals surface area contributed by atoms with E-state index in [1.807, 2.05) is 13.8 Å². The maximum Gasteiger partial charge on any atom is 0.308 e. The van der Waals surface area contributed by atoms with Crippen LogP contribution in [0, 0.1) is 17.8 Å². The summed E-state index contributed by atoms with van der Waals surface area (Å²) in [6.45, 7) is 5.99. The molecule has 0 saturated heterocycles. The van der Waals surface area contributed by atoms with Crippen molar-refractivity contribution in [1.29, 1.82) is 0 Å². The Morgan fingerprint density at radius 2 is 2.20 bits per heavy atom. The highest BCUT2D eigenvalue weighted by molar-refractivity contribution is 5.72. The summed E-state index contributed by atoms with van der Waals surface area (Å²) in [4.78, 5) is 11.7. The largest absolute Gasteiger partial charge is 0.459 e. The molecule has 0 aromatic carbocycles. The van der Waals surface area contributed by atoms with Crippen LogP contribution in [-0.4, -0.2) is 11.6 Å². The molecular formula is C13H22O2. The van der Waals surface area contributed by atoms with Gasteiger partial charge in [-0.25, -0.2) is 0 Å². The maximum absolute atomic E-state index is 11.7. The van der Waals surface area contributed by atoms with Gasteiger partial charge in [0, 0.05) is 0 Å². The third kappa shape index (κ3) is 1.79. The van der Waals surface area contributed by atoms with E-state index in [-0.39, 0.29) is 17.5 Å². The van der Waals surface area contributed by atoms with Crippen LogP contribution in [0.25, 0.3) is 0 Å². The molecule has 0 aliphatic heterocycles. The molecule has 0 amide bonds. The quantitative estimate of drug-likeness (QED) is 0.669. The highest BCUT2D eigenvalue weighted by Crippen LogP contribution is 2.54. The zero-order chi connectivity index (χ0) is 11.1. The van der Waals surface area contributed by atoms with E-state index in [1.54, 1.807) is 0 Å². The Bertz CT molecular complexity index is 259. The van der Waals surface area contributed by atoms with E-state index in [4.69, 9.17) is 4.74 Å². The summed E-state index contributed by atoms with van der Waals surface area (Å²) in [6.07, 6.45) is 6.02. The minimum Gasteiger partial charge on any atom is -0.459 e. The van der Waals surface area contributed by atoms with Crippen molar-refractivity contribution in [3.8, 4) is 0 Å². The van der Waals surface area contributed by atoms with E-state index < -0.39 is 0 Å². The average molecular weight is 210 g/mol. The Labute approximate surface area is 92.4 Å². The fraction of sp³-hybridized carbons (Fsp3) is 0.923. The molecule has 0 aromatic heterocycles. The number of hydrogen-bond acceptors (Lipinski definition) is 2. The molecule has 2 saturated carbocycles. The molecule has 0 heterocycles. The summed E-state index contributed by atoms with van der Waals surface area (Å²) in [6, 6.07) is 0. The second-order valence-electron chi connectivity index (χ2n) is 5.57. The van der Waals surface area contributed by atoms with Crippen molar-refractivity contribution in [2.75, 3.05) is 0 Å². The topological polar surface area (TPSA) is 26.3 Å². The standard InChI is InChI=1S/C13H22O2/c1-4-13(15-12(14)9(2)3)8-10-5-6-11(13)7-10/h9-11H,4-8H2,1-3H3. The van der Waals surface area contributed by atoms with Gasteiger partial charge in [-0.15, -0.1) is 0 Å². The third-order valence-corrected chi connectivity index (χ3v) is 4.29. The van der Waals surface area contributed by atoms with Crippen molar-refractivity contribution in [1.82, 2.24) is 0 Å². The van der Waals surface area contributed by atoms with E-state index in [1.165, 1.54) is 19.3 Å². The Hall–Kier alpha value is -0.530. The second-order valence-corrected chi connectivity index (χ2v) is 5.57. The molecule has 0 N–H and O–H groups in total. The van der Waals surface area contributed by atoms with Gasteiger partial charge in [-0.2, -0.15) is 0 Å². The Morgan fingerprint density at radius 3 is 2.60 bits per heavy atom. The first-order chi connectivity index (χ1) is 7.07. The predicted octanol–water partition coefficient (Wildman–Crippen LogP) is 3.15. The summed E-state index contributed by atoms with van der Waals surface area (Å²) in [5, 5.41) is 0. The first-order valence-corrected chi connectivity index (χ1v) is 6.30. The van der Waals surface area contributed by atoms with Gasteiger partial charge in [-0.1, -0.05) is 20.8 Å². The molecule has 2 fully saturated rings. The lowest BCUT2D eigenvalue weighted by Gasteiger charge is -2.37. The van der Waals surface area contributed by atoms with Crippen molar-refractivity contribution >= 4 is 5.97 Å². The van der Waals surface area contributed by atoms with E-state index in [0.29, 0.717) is 5.92 Å². The van der Waals surface area contributed by atoms with Crippen LogP contribution in [0.5, 0.6) is 0 Å². The van der Waals surface area contributed by atoms with Gasteiger partial charge in [0.05, 0.1) is 5.92 Å². The molecule has 2 nitrogen and oxygen atoms in total. The zero-order valence-electron chi connectivity index (χ0n) is 10.1. The molecule has 86 valence electrons. The lowest BCUT2D eigenvalue weighted by atomic mass is 9.82. The van der Waals surface area contributed by atoms with Crippen LogP contribution < -0.4 is 0 Å². The van der Waals surface area contributed by atoms with Gasteiger partial charge in [0.2, 0.25) is 0 Å². The molecule has 3 unspecified atom stereocenters. The Balaban J connectivity index is 2.07. The van der Waals surface area contributed by atoms with E-state index in [9.17, 15) is 4.79 Å². The summed E-state index contributed by atoms with van der Waals surface area (Å²) in [7, 11) is 0. The van der Waals surface area contributed by atoms with Gasteiger partial charge in [0.25, 0.3) is 0 Å². The van der Waals surface area contributed by atoms with Gasteiger partial charge in [-0.3, -0.25) is 4.79 Å². The molecule has 2 aliphatic rings. The number of carbonyl (C=O) groups is 1. The number of esters is 1. The van der Waals surface area contributed by atoms with E-state index in [0.717, 1.165) is 18.8 Å². The fourth-order valence-corrected chi connectivity index (χ4v) is 3.34. The number of fused-ring (bicyclic) bond motifs is 2. The third-order valence-electron chi connectivity index (χ3n) is 4.29. The Kier molecular flexibility index (Phi) is 2.78. The normalized spacial score (nSPS) is 38.7. The molecule has 2 heteroatoms. The highest BCUT2D eigenvalue weighted by atomic mass is 16.6. The minimum absolute atomic E-state index is 0.00699. The van der Waals surface area contributed by atoms with Crippen LogP contribution in [-0.2, 0) is 9.53 Å². The smallest absolute Gasteiger partial charge is 0.308 e. The first kappa shape index (κ1) is 11.0. The second kappa shape index (κ2) is 3.80. The SMILES string of the molecule is CCC1(OC(=O)C(C)C)CC2CCC1C2. The van der Waals surface area contributed by atoms with Gasteiger partial charge >= 0.3 is 5.97 Å². The summed E-state index contributed by atoms with van der Waals surface area (Å²) in [5.74, 6) is 1.47. The van der Waals surface area contributed by atoms with Crippen LogP contribution >= 0.6 is 0 Å². The monoisotopic (exact) mass is 210 g/mol. The maximum atomic E-state index is 11.7. The van der Waals surface area contributed by atoms with Crippen molar-refractivity contribution in [3.63, 3.8) is 0 Å². The van der Waals surface area contributed by atoms with E-state index in [2.05, 4.69) is 6.92 Å². The van der Waals surface area contributed by atoms with Crippen LogP contribution in [0.15, 0.2) is 0 Å². The highest BCUT2D eigenvalue weighted by Gasteiger charge is 2.52. The molecule has 2 bridgehead atoms. The van der Waals surface area contributed by atoms with Crippen molar-refractivity contribution in [2.24, 2.45) is 17.8 Å². The number of rotatable bonds is 3. The van der Waals surface area contributed by atoms with Crippen LogP contribution in [0.3, 0.4) is 0 Å². The minimum atomic E-state index is -0.0930. The van der Waals surface area contributed by atoms with Crippen molar-refractivity contribution in [3.05, 3.63) is 0 Å². The number of ether oxygens (including phenoxy) is 1. The van der Waals surface area contributed by atoms with Crippen LogP contribution in [0.4, 0.5) is 0 Å². The van der Waals surface area contributed by atoms with Gasteiger partial charge in [0.15, 0.2) is 0 Å². The molecular weight excluding hydrogens is 188 g/mol. The summed E-state index contributed by atoms with van der Waals surface area (Å²) < 4.78 is 5.80. The molecule has 3 atom stereocenters. The lowest BCUT2D eigenvalue weighted by Crippen LogP contribution is -2.40. The van der Waals surface area contributed by atoms with Gasteiger partial charge in [0.1, 0.15) is 5.60 Å². The molecule has 2 rings (SSSR count). The zero-order valence-corrected chi connectivity index (χ0v) is 10.1. The molecule has 15 heavy (non-hydrogen) atoms. The number of carbonyl (C=O) groups excluding carboxylic acids is 1. The van der Waals surface area contributed by atoms with E-state index >= 15 is 0 Å². The average Bonchev–Trinajstić information content (AvgIpc) is 2.77. The summed E-state index contributed by atoms with van der Waals surface area (Å²) >= 11 is 0. The lowest BCUT2D eigenvalue weighted by molar-refractivity contribution is -0.170. The number of hydrogen-bond donors (Lipinski definition) is 0. The van der Waals surface area contributed by atoms with Gasteiger partial charge in [-0.05, 0) is 43.9 Å². The first-order valence-electron chi connectivity index (χ1n) is 6.30. The van der Waals surface area contributed by atoms with Crippen LogP contribution in [0.1, 0.15) is 52.9 Å². The summed E-state index contributed by atoms with van der Waals surface area (Å²) in [5.41, 5.74) is -0.0930. The van der Waals surface area contributed by atoms with Crippen molar-refractivity contribution in [2.45, 2.75) is 58.5 Å². The van der Waals surface area contributed by atoms with Gasteiger partial charge < -0.3 is 4.74 Å².